The van der Waals surface area contributed by atoms with Gasteiger partial charge >= 0.3 is 0 Å². The molecule has 0 aliphatic heterocycles. The summed E-state index contributed by atoms with van der Waals surface area (Å²) in [4.78, 5) is 0. The van der Waals surface area contributed by atoms with Crippen molar-refractivity contribution in [3.05, 3.63) is 53.6 Å². The highest BCUT2D eigenvalue weighted by Crippen LogP contribution is 2.27. The van der Waals surface area contributed by atoms with E-state index in [1.807, 2.05) is 7.05 Å². The van der Waals surface area contributed by atoms with Gasteiger partial charge in [-0.3, -0.25) is 0 Å². The largest absolute Gasteiger partial charge is 0.388 e. The number of aryl methyl sites for hydroxylation is 2. The zero-order valence-corrected chi connectivity index (χ0v) is 13.6. The topological polar surface area (TPSA) is 12.0 Å². The third-order valence-electron chi connectivity index (χ3n) is 4.10. The summed E-state index contributed by atoms with van der Waals surface area (Å²) in [5, 5.41) is 3.17. The van der Waals surface area contributed by atoms with Crippen LogP contribution in [0.25, 0.3) is 11.1 Å². The Labute approximate surface area is 129 Å². The van der Waals surface area contributed by atoms with E-state index < -0.39 is 0 Å². The Morgan fingerprint density at radius 3 is 2.29 bits per heavy atom. The van der Waals surface area contributed by atoms with Crippen LogP contribution in [0.1, 0.15) is 44.2 Å². The third-order valence-corrected chi connectivity index (χ3v) is 4.10. The Kier molecular flexibility index (Phi) is 5.86. The number of rotatable bonds is 7. The molecule has 0 aromatic heterocycles. The van der Waals surface area contributed by atoms with Gasteiger partial charge in [-0.2, -0.15) is 0 Å². The van der Waals surface area contributed by atoms with Crippen LogP contribution < -0.4 is 5.32 Å². The van der Waals surface area contributed by atoms with Crippen LogP contribution in [0.5, 0.6) is 0 Å². The fourth-order valence-electron chi connectivity index (χ4n) is 2.77. The van der Waals surface area contributed by atoms with Crippen molar-refractivity contribution in [2.45, 2.75) is 46.0 Å². The van der Waals surface area contributed by atoms with Gasteiger partial charge in [0, 0.05) is 12.7 Å². The highest BCUT2D eigenvalue weighted by molar-refractivity contribution is 5.69. The number of hydrogen-bond acceptors (Lipinski definition) is 1. The van der Waals surface area contributed by atoms with Gasteiger partial charge in [-0.25, -0.2) is 0 Å². The summed E-state index contributed by atoms with van der Waals surface area (Å²) in [6.07, 6.45) is 6.21. The monoisotopic (exact) mass is 281 g/mol. The van der Waals surface area contributed by atoms with Gasteiger partial charge in [0.2, 0.25) is 0 Å². The van der Waals surface area contributed by atoms with E-state index in [1.54, 1.807) is 0 Å². The van der Waals surface area contributed by atoms with Crippen LogP contribution in [-0.2, 0) is 12.8 Å². The van der Waals surface area contributed by atoms with Crippen LogP contribution >= 0.6 is 0 Å². The van der Waals surface area contributed by atoms with Crippen molar-refractivity contribution in [1.82, 2.24) is 0 Å². The normalized spacial score (nSPS) is 10.6. The molecule has 1 N–H and O–H groups in total. The van der Waals surface area contributed by atoms with E-state index in [0.717, 1.165) is 12.1 Å². The molecule has 0 unspecified atom stereocenters. The highest BCUT2D eigenvalue weighted by Gasteiger charge is 2.05. The molecule has 0 bridgehead atoms. The molecule has 1 nitrogen and oxygen atoms in total. The maximum Gasteiger partial charge on any atom is 0.0337 e. The molecule has 0 heterocycles. The second-order valence-electron chi connectivity index (χ2n) is 5.63. The molecule has 2 rings (SSSR count). The molecule has 0 saturated heterocycles. The Balaban J connectivity index is 2.22. The molecule has 0 fully saturated rings. The molecule has 1 heteroatoms. The summed E-state index contributed by atoms with van der Waals surface area (Å²) in [5.74, 6) is 0. The van der Waals surface area contributed by atoms with Crippen molar-refractivity contribution in [2.75, 3.05) is 12.4 Å². The maximum absolute atomic E-state index is 3.17. The zero-order valence-electron chi connectivity index (χ0n) is 13.6. The lowest BCUT2D eigenvalue weighted by Crippen LogP contribution is -1.93. The Hall–Kier alpha value is -1.76. The first kappa shape index (κ1) is 15.6. The lowest BCUT2D eigenvalue weighted by atomic mass is 9.94. The molecule has 0 amide bonds. The minimum atomic E-state index is 1.09. The number of nitrogens with one attached hydrogen (secondary N) is 1. The molecule has 2 aromatic carbocycles. The number of hydrogen-bond donors (Lipinski definition) is 1. The van der Waals surface area contributed by atoms with E-state index >= 15 is 0 Å². The fourth-order valence-corrected chi connectivity index (χ4v) is 2.77. The van der Waals surface area contributed by atoms with Crippen molar-refractivity contribution in [3.63, 3.8) is 0 Å². The van der Waals surface area contributed by atoms with Gasteiger partial charge in [0.15, 0.2) is 0 Å². The Bertz CT molecular complexity index is 555. The summed E-state index contributed by atoms with van der Waals surface area (Å²) < 4.78 is 0. The van der Waals surface area contributed by atoms with Crippen molar-refractivity contribution in [3.8, 4) is 11.1 Å². The highest BCUT2D eigenvalue weighted by atomic mass is 14.8. The van der Waals surface area contributed by atoms with E-state index in [4.69, 9.17) is 0 Å². The summed E-state index contributed by atoms with van der Waals surface area (Å²) in [6, 6.07) is 15.7. The first-order chi connectivity index (χ1) is 10.3. The quantitative estimate of drug-likeness (QED) is 0.643. The Morgan fingerprint density at radius 2 is 1.67 bits per heavy atom. The van der Waals surface area contributed by atoms with Crippen molar-refractivity contribution >= 4 is 5.69 Å². The van der Waals surface area contributed by atoms with Gasteiger partial charge in [-0.15, -0.1) is 0 Å². The van der Waals surface area contributed by atoms with Crippen LogP contribution in [0.2, 0.25) is 0 Å². The van der Waals surface area contributed by atoms with Gasteiger partial charge in [0.25, 0.3) is 0 Å². The van der Waals surface area contributed by atoms with E-state index in [-0.39, 0.29) is 0 Å². The summed E-state index contributed by atoms with van der Waals surface area (Å²) in [7, 11) is 1.96. The number of benzene rings is 2. The van der Waals surface area contributed by atoms with Crippen molar-refractivity contribution in [2.24, 2.45) is 0 Å². The van der Waals surface area contributed by atoms with Gasteiger partial charge in [0.1, 0.15) is 0 Å². The molecule has 0 radical (unpaired) electrons. The van der Waals surface area contributed by atoms with E-state index in [9.17, 15) is 0 Å². The van der Waals surface area contributed by atoms with Crippen LogP contribution in [0.15, 0.2) is 42.5 Å². The lowest BCUT2D eigenvalue weighted by molar-refractivity contribution is 0.717. The second-order valence-corrected chi connectivity index (χ2v) is 5.63. The standard InChI is InChI=1S/C20H27N/c1-4-6-7-8-16-9-14-20(17(5-2)15-16)18-10-12-19(21-3)13-11-18/h9-15,21H,4-8H2,1-3H3. The molecule has 2 aromatic rings. The molecule has 0 spiro atoms. The minimum Gasteiger partial charge on any atom is -0.388 e. The molecular formula is C20H27N. The van der Waals surface area contributed by atoms with Crippen molar-refractivity contribution in [1.29, 1.82) is 0 Å². The predicted octanol–water partition coefficient (Wildman–Crippen LogP) is 5.69. The average molecular weight is 281 g/mol. The van der Waals surface area contributed by atoms with Crippen LogP contribution in [-0.4, -0.2) is 7.05 Å². The first-order valence-electron chi connectivity index (χ1n) is 8.18. The van der Waals surface area contributed by atoms with Gasteiger partial charge in [-0.05, 0) is 53.6 Å². The van der Waals surface area contributed by atoms with Gasteiger partial charge in [-0.1, -0.05) is 57.0 Å². The van der Waals surface area contributed by atoms with Crippen molar-refractivity contribution < 1.29 is 0 Å². The predicted molar refractivity (Wildman–Crippen MR) is 94.0 cm³/mol. The fraction of sp³-hybridized carbons (Fsp3) is 0.400. The van der Waals surface area contributed by atoms with E-state index in [0.29, 0.717) is 0 Å². The molecule has 0 aliphatic rings. The lowest BCUT2D eigenvalue weighted by Gasteiger charge is -2.12. The molecule has 112 valence electrons. The molecule has 0 atom stereocenters. The molecule has 0 aliphatic carbocycles. The zero-order chi connectivity index (χ0) is 15.1. The SMILES string of the molecule is CCCCCc1ccc(-c2ccc(NC)cc2)c(CC)c1. The second kappa shape index (κ2) is 7.87. The number of unbranched alkanes of at least 4 members (excludes halogenated alkanes) is 2. The smallest absolute Gasteiger partial charge is 0.0337 e. The molecular weight excluding hydrogens is 254 g/mol. The molecule has 0 saturated carbocycles. The van der Waals surface area contributed by atoms with E-state index in [2.05, 4.69) is 61.6 Å². The summed E-state index contributed by atoms with van der Waals surface area (Å²) in [6.45, 7) is 4.51. The summed E-state index contributed by atoms with van der Waals surface area (Å²) in [5.41, 5.74) is 6.79. The van der Waals surface area contributed by atoms with Crippen LogP contribution in [0.4, 0.5) is 5.69 Å². The van der Waals surface area contributed by atoms with Gasteiger partial charge in [0.05, 0.1) is 0 Å². The van der Waals surface area contributed by atoms with Crippen LogP contribution in [0.3, 0.4) is 0 Å². The minimum absolute atomic E-state index is 1.09. The van der Waals surface area contributed by atoms with E-state index in [1.165, 1.54) is 47.9 Å². The Morgan fingerprint density at radius 1 is 0.905 bits per heavy atom. The summed E-state index contributed by atoms with van der Waals surface area (Å²) >= 11 is 0. The first-order valence-corrected chi connectivity index (χ1v) is 8.18. The maximum atomic E-state index is 3.17. The molecule has 21 heavy (non-hydrogen) atoms. The third kappa shape index (κ3) is 4.10. The number of anilines is 1. The van der Waals surface area contributed by atoms with Crippen LogP contribution in [0, 0.1) is 0 Å². The van der Waals surface area contributed by atoms with Gasteiger partial charge < -0.3 is 5.32 Å². The average Bonchev–Trinajstić information content (AvgIpc) is 2.55.